The number of benzene rings is 1. The lowest BCUT2D eigenvalue weighted by Crippen LogP contribution is -1.79. The van der Waals surface area contributed by atoms with Crippen LogP contribution in [0.25, 0.3) is 0 Å². The Balaban J connectivity index is 3.06. The van der Waals surface area contributed by atoms with Crippen molar-refractivity contribution in [2.75, 3.05) is 0 Å². The van der Waals surface area contributed by atoms with Crippen LogP contribution in [0.15, 0.2) is 18.2 Å². The first kappa shape index (κ1) is 7.48. The molecule has 1 nitrogen and oxygen atoms in total. The summed E-state index contributed by atoms with van der Waals surface area (Å²) in [7, 11) is 0. The summed E-state index contributed by atoms with van der Waals surface area (Å²) in [6.07, 6.45) is 0. The standard InChI is InChI=1S/C8H10OS/c1-6-3-7(2)5-8(4-6)9-10/h3-5,10H,1-2H3. The molecule has 0 heterocycles. The van der Waals surface area contributed by atoms with Gasteiger partial charge in [0.25, 0.3) is 0 Å². The Morgan fingerprint density at radius 2 is 1.60 bits per heavy atom. The Morgan fingerprint density at radius 3 is 2.00 bits per heavy atom. The van der Waals surface area contributed by atoms with Gasteiger partial charge in [-0.25, -0.2) is 0 Å². The van der Waals surface area contributed by atoms with E-state index in [-0.39, 0.29) is 0 Å². The molecule has 54 valence electrons. The Labute approximate surface area is 66.6 Å². The number of aryl methyl sites for hydroxylation is 2. The smallest absolute Gasteiger partial charge is 0.137 e. The van der Waals surface area contributed by atoms with E-state index >= 15 is 0 Å². The summed E-state index contributed by atoms with van der Waals surface area (Å²) in [6, 6.07) is 5.98. The molecular formula is C8H10OS. The van der Waals surface area contributed by atoms with E-state index in [9.17, 15) is 0 Å². The zero-order chi connectivity index (χ0) is 7.56. The van der Waals surface area contributed by atoms with Crippen LogP contribution in [0.1, 0.15) is 11.1 Å². The third kappa shape index (κ3) is 1.67. The maximum absolute atomic E-state index is 4.77. The van der Waals surface area contributed by atoms with E-state index in [1.165, 1.54) is 11.1 Å². The molecule has 1 rings (SSSR count). The van der Waals surface area contributed by atoms with E-state index in [0.717, 1.165) is 5.75 Å². The molecule has 0 amide bonds. The molecule has 0 saturated carbocycles. The van der Waals surface area contributed by atoms with Crippen molar-refractivity contribution in [1.29, 1.82) is 0 Å². The molecule has 0 aliphatic heterocycles. The van der Waals surface area contributed by atoms with E-state index < -0.39 is 0 Å². The summed E-state index contributed by atoms with van der Waals surface area (Å²) in [6.45, 7) is 4.06. The molecule has 10 heavy (non-hydrogen) atoms. The molecule has 0 atom stereocenters. The quantitative estimate of drug-likeness (QED) is 0.483. The largest absolute Gasteiger partial charge is 0.429 e. The van der Waals surface area contributed by atoms with Gasteiger partial charge < -0.3 is 4.18 Å². The fourth-order valence-electron chi connectivity index (χ4n) is 0.986. The second kappa shape index (κ2) is 2.97. The summed E-state index contributed by atoms with van der Waals surface area (Å²) in [5.41, 5.74) is 2.40. The lowest BCUT2D eigenvalue weighted by atomic mass is 10.1. The molecule has 1 aromatic carbocycles. The van der Waals surface area contributed by atoms with Crippen molar-refractivity contribution >= 4 is 12.9 Å². The molecule has 0 aliphatic rings. The maximum Gasteiger partial charge on any atom is 0.137 e. The molecule has 1 aromatic rings. The van der Waals surface area contributed by atoms with Crippen molar-refractivity contribution in [2.45, 2.75) is 13.8 Å². The molecule has 0 aliphatic carbocycles. The van der Waals surface area contributed by atoms with Crippen molar-refractivity contribution in [2.24, 2.45) is 0 Å². The fraction of sp³-hybridized carbons (Fsp3) is 0.250. The second-order valence-electron chi connectivity index (χ2n) is 2.41. The van der Waals surface area contributed by atoms with Crippen LogP contribution in [0.2, 0.25) is 0 Å². The highest BCUT2D eigenvalue weighted by atomic mass is 32.1. The molecule has 0 radical (unpaired) electrons. The Kier molecular flexibility index (Phi) is 2.22. The van der Waals surface area contributed by atoms with Gasteiger partial charge in [-0.1, -0.05) is 6.07 Å². The van der Waals surface area contributed by atoms with Gasteiger partial charge in [-0.05, 0) is 37.1 Å². The van der Waals surface area contributed by atoms with E-state index in [2.05, 4.69) is 19.0 Å². The minimum atomic E-state index is 0.806. The molecular weight excluding hydrogens is 144 g/mol. The van der Waals surface area contributed by atoms with Crippen molar-refractivity contribution < 1.29 is 4.18 Å². The summed E-state index contributed by atoms with van der Waals surface area (Å²) >= 11 is 3.70. The second-order valence-corrected chi connectivity index (χ2v) is 2.60. The number of rotatable bonds is 1. The zero-order valence-corrected chi connectivity index (χ0v) is 6.98. The lowest BCUT2D eigenvalue weighted by molar-refractivity contribution is 0.657. The molecule has 2 heteroatoms. The Hall–Kier alpha value is -0.630. The van der Waals surface area contributed by atoms with Crippen molar-refractivity contribution in [3.63, 3.8) is 0 Å². The highest BCUT2D eigenvalue weighted by Gasteiger charge is 1.93. The van der Waals surface area contributed by atoms with Gasteiger partial charge in [-0.2, -0.15) is 0 Å². The number of thiol groups is 1. The van der Waals surface area contributed by atoms with Crippen LogP contribution in [-0.2, 0) is 0 Å². The first-order chi connectivity index (χ1) is 4.72. The first-order valence-electron chi connectivity index (χ1n) is 3.12. The van der Waals surface area contributed by atoms with Crippen molar-refractivity contribution in [3.05, 3.63) is 29.3 Å². The van der Waals surface area contributed by atoms with Crippen LogP contribution < -0.4 is 4.18 Å². The summed E-state index contributed by atoms with van der Waals surface area (Å²) in [5, 5.41) is 0. The topological polar surface area (TPSA) is 9.23 Å². The van der Waals surface area contributed by atoms with E-state index in [0.29, 0.717) is 0 Å². The van der Waals surface area contributed by atoms with Crippen LogP contribution >= 0.6 is 12.9 Å². The SMILES string of the molecule is Cc1cc(C)cc(OS)c1. The first-order valence-corrected chi connectivity index (χ1v) is 3.48. The summed E-state index contributed by atoms with van der Waals surface area (Å²) in [4.78, 5) is 0. The predicted molar refractivity (Wildman–Crippen MR) is 45.5 cm³/mol. The lowest BCUT2D eigenvalue weighted by Gasteiger charge is -2.00. The molecule has 0 unspecified atom stereocenters. The normalized spacial score (nSPS) is 9.50. The summed E-state index contributed by atoms with van der Waals surface area (Å²) in [5.74, 6) is 0.806. The molecule has 0 bridgehead atoms. The molecule has 0 saturated heterocycles. The van der Waals surface area contributed by atoms with Crippen LogP contribution in [-0.4, -0.2) is 0 Å². The minimum Gasteiger partial charge on any atom is -0.429 e. The third-order valence-electron chi connectivity index (χ3n) is 1.30. The zero-order valence-electron chi connectivity index (χ0n) is 6.09. The number of hydrogen-bond donors (Lipinski definition) is 1. The van der Waals surface area contributed by atoms with Gasteiger partial charge >= 0.3 is 0 Å². The maximum atomic E-state index is 4.77. The van der Waals surface area contributed by atoms with Gasteiger partial charge in [0, 0.05) is 12.9 Å². The Bertz CT molecular complexity index is 212. The van der Waals surface area contributed by atoms with E-state index in [1.54, 1.807) is 0 Å². The number of hydrogen-bond acceptors (Lipinski definition) is 2. The van der Waals surface area contributed by atoms with Gasteiger partial charge in [-0.15, -0.1) is 0 Å². The average Bonchev–Trinajstić information content (AvgIpc) is 1.85. The highest BCUT2D eigenvalue weighted by Crippen LogP contribution is 2.16. The monoisotopic (exact) mass is 154 g/mol. The van der Waals surface area contributed by atoms with Crippen molar-refractivity contribution in [3.8, 4) is 5.75 Å². The van der Waals surface area contributed by atoms with Gasteiger partial charge in [-0.3, -0.25) is 0 Å². The van der Waals surface area contributed by atoms with Gasteiger partial charge in [0.2, 0.25) is 0 Å². The van der Waals surface area contributed by atoms with E-state index in [4.69, 9.17) is 4.18 Å². The minimum absolute atomic E-state index is 0.806. The van der Waals surface area contributed by atoms with E-state index in [1.807, 2.05) is 26.0 Å². The summed E-state index contributed by atoms with van der Waals surface area (Å²) < 4.78 is 4.77. The van der Waals surface area contributed by atoms with Gasteiger partial charge in [0.15, 0.2) is 0 Å². The molecule has 0 aromatic heterocycles. The fourth-order valence-corrected chi connectivity index (χ4v) is 1.09. The molecule has 0 spiro atoms. The highest BCUT2D eigenvalue weighted by molar-refractivity contribution is 7.75. The molecule has 0 fully saturated rings. The van der Waals surface area contributed by atoms with Crippen LogP contribution in [0.3, 0.4) is 0 Å². The van der Waals surface area contributed by atoms with Crippen LogP contribution in [0.4, 0.5) is 0 Å². The average molecular weight is 154 g/mol. The Morgan fingerprint density at radius 1 is 1.10 bits per heavy atom. The van der Waals surface area contributed by atoms with Crippen LogP contribution in [0, 0.1) is 13.8 Å². The van der Waals surface area contributed by atoms with Crippen LogP contribution in [0.5, 0.6) is 5.75 Å². The van der Waals surface area contributed by atoms with Gasteiger partial charge in [0.1, 0.15) is 5.75 Å². The van der Waals surface area contributed by atoms with Crippen molar-refractivity contribution in [1.82, 2.24) is 0 Å². The predicted octanol–water partition coefficient (Wildman–Crippen LogP) is 2.53. The third-order valence-corrected chi connectivity index (χ3v) is 1.51. The van der Waals surface area contributed by atoms with Gasteiger partial charge in [0.05, 0.1) is 0 Å². The molecule has 0 N–H and O–H groups in total.